The van der Waals surface area contributed by atoms with Crippen LogP contribution in [0.5, 0.6) is 11.5 Å². The molecule has 0 aliphatic carbocycles. The second-order valence-electron chi connectivity index (χ2n) is 8.82. The summed E-state index contributed by atoms with van der Waals surface area (Å²) < 4.78 is 46.1. The smallest absolute Gasteiger partial charge is 0.243 e. The first-order chi connectivity index (χ1) is 16.5. The Balaban J connectivity index is 1.54. The molecular weight excluding hydrogens is 450 g/mol. The minimum Gasteiger partial charge on any atom is -0.489 e. The molecule has 0 radical (unpaired) electrons. The Labute approximate surface area is 201 Å². The van der Waals surface area contributed by atoms with Crippen molar-refractivity contribution < 1.29 is 22.6 Å². The molecular formula is C27H29NO5S. The molecule has 1 saturated heterocycles. The van der Waals surface area contributed by atoms with E-state index < -0.39 is 10.0 Å². The van der Waals surface area contributed by atoms with E-state index in [0.717, 1.165) is 35.3 Å². The van der Waals surface area contributed by atoms with Crippen LogP contribution in [-0.4, -0.2) is 45.7 Å². The van der Waals surface area contributed by atoms with E-state index in [1.54, 1.807) is 24.3 Å². The van der Waals surface area contributed by atoms with E-state index >= 15 is 0 Å². The van der Waals surface area contributed by atoms with Crippen molar-refractivity contribution in [3.63, 3.8) is 0 Å². The van der Waals surface area contributed by atoms with Crippen molar-refractivity contribution in [1.82, 2.24) is 4.31 Å². The van der Waals surface area contributed by atoms with Crippen LogP contribution >= 0.6 is 0 Å². The monoisotopic (exact) mass is 479 g/mol. The van der Waals surface area contributed by atoms with Crippen LogP contribution in [0, 0.1) is 12.8 Å². The van der Waals surface area contributed by atoms with Gasteiger partial charge in [-0.15, -0.1) is 0 Å². The number of nitrogens with zero attached hydrogens (tertiary/aromatic N) is 1. The molecule has 0 bridgehead atoms. The SMILES string of the molecule is Cc1ccccc1-c1cc2c(c(OC[C@@H]3CCOC3)c1)OCCN(S(=O)(=O)c1ccccc1)C2. The van der Waals surface area contributed by atoms with Crippen LogP contribution in [0.1, 0.15) is 17.5 Å². The van der Waals surface area contributed by atoms with E-state index in [2.05, 4.69) is 19.1 Å². The lowest BCUT2D eigenvalue weighted by atomic mass is 9.98. The van der Waals surface area contributed by atoms with Crippen LogP contribution < -0.4 is 9.47 Å². The summed E-state index contributed by atoms with van der Waals surface area (Å²) >= 11 is 0. The van der Waals surface area contributed by atoms with Crippen LogP contribution in [0.15, 0.2) is 71.6 Å². The Morgan fingerprint density at radius 1 is 1.03 bits per heavy atom. The number of hydrogen-bond donors (Lipinski definition) is 0. The van der Waals surface area contributed by atoms with Gasteiger partial charge in [0.2, 0.25) is 10.0 Å². The number of sulfonamides is 1. The third-order valence-corrected chi connectivity index (χ3v) is 8.26. The summed E-state index contributed by atoms with van der Waals surface area (Å²) in [6.45, 7) is 4.81. The minimum absolute atomic E-state index is 0.217. The second-order valence-corrected chi connectivity index (χ2v) is 10.8. The van der Waals surface area contributed by atoms with E-state index in [1.165, 1.54) is 4.31 Å². The van der Waals surface area contributed by atoms with Gasteiger partial charge in [-0.2, -0.15) is 4.31 Å². The molecule has 0 N–H and O–H groups in total. The van der Waals surface area contributed by atoms with Crippen molar-refractivity contribution in [1.29, 1.82) is 0 Å². The van der Waals surface area contributed by atoms with Gasteiger partial charge in [-0.05, 0) is 54.3 Å². The quantitative estimate of drug-likeness (QED) is 0.515. The summed E-state index contributed by atoms with van der Waals surface area (Å²) in [5.41, 5.74) is 4.01. The Morgan fingerprint density at radius 3 is 2.59 bits per heavy atom. The molecule has 6 nitrogen and oxygen atoms in total. The maximum atomic E-state index is 13.4. The highest BCUT2D eigenvalue weighted by molar-refractivity contribution is 7.89. The molecule has 2 heterocycles. The zero-order valence-corrected chi connectivity index (χ0v) is 20.1. The zero-order chi connectivity index (χ0) is 23.5. The molecule has 0 spiro atoms. The first-order valence-corrected chi connectivity index (χ1v) is 13.1. The highest BCUT2D eigenvalue weighted by Gasteiger charge is 2.30. The Bertz CT molecular complexity index is 1250. The van der Waals surface area contributed by atoms with E-state index in [-0.39, 0.29) is 24.6 Å². The van der Waals surface area contributed by atoms with Gasteiger partial charge in [-0.3, -0.25) is 0 Å². The van der Waals surface area contributed by atoms with Crippen LogP contribution in [0.25, 0.3) is 11.1 Å². The van der Waals surface area contributed by atoms with Gasteiger partial charge in [0.15, 0.2) is 11.5 Å². The molecule has 7 heteroatoms. The third kappa shape index (κ3) is 4.69. The molecule has 3 aromatic rings. The molecule has 0 saturated carbocycles. The summed E-state index contributed by atoms with van der Waals surface area (Å²) in [5, 5.41) is 0. The van der Waals surface area contributed by atoms with Gasteiger partial charge in [-0.25, -0.2) is 8.42 Å². The molecule has 1 fully saturated rings. The number of fused-ring (bicyclic) bond motifs is 1. The molecule has 178 valence electrons. The van der Waals surface area contributed by atoms with Crippen molar-refractivity contribution in [2.24, 2.45) is 5.92 Å². The largest absolute Gasteiger partial charge is 0.489 e. The fourth-order valence-corrected chi connectivity index (χ4v) is 5.91. The van der Waals surface area contributed by atoms with Gasteiger partial charge >= 0.3 is 0 Å². The van der Waals surface area contributed by atoms with Gasteiger partial charge in [0.05, 0.1) is 18.1 Å². The summed E-state index contributed by atoms with van der Waals surface area (Å²) in [6.07, 6.45) is 0.976. The maximum absolute atomic E-state index is 13.4. The van der Waals surface area contributed by atoms with Crippen molar-refractivity contribution in [2.75, 3.05) is 33.0 Å². The van der Waals surface area contributed by atoms with Crippen molar-refractivity contribution in [3.8, 4) is 22.6 Å². The number of hydrogen-bond acceptors (Lipinski definition) is 5. The molecule has 1 atom stereocenters. The molecule has 2 aliphatic rings. The maximum Gasteiger partial charge on any atom is 0.243 e. The highest BCUT2D eigenvalue weighted by Crippen LogP contribution is 2.40. The van der Waals surface area contributed by atoms with E-state index in [4.69, 9.17) is 14.2 Å². The summed E-state index contributed by atoms with van der Waals surface area (Å²) in [7, 11) is -3.66. The first kappa shape index (κ1) is 22.9. The summed E-state index contributed by atoms with van der Waals surface area (Å²) in [5.74, 6) is 1.63. The van der Waals surface area contributed by atoms with E-state index in [1.807, 2.05) is 30.3 Å². The average molecular weight is 480 g/mol. The topological polar surface area (TPSA) is 65.1 Å². The number of aryl methyl sites for hydroxylation is 1. The second kappa shape index (κ2) is 9.78. The van der Waals surface area contributed by atoms with E-state index in [9.17, 15) is 8.42 Å². The summed E-state index contributed by atoms with van der Waals surface area (Å²) in [6, 6.07) is 20.8. The lowest BCUT2D eigenvalue weighted by molar-refractivity contribution is 0.165. The third-order valence-electron chi connectivity index (χ3n) is 6.40. The number of benzene rings is 3. The predicted octanol–water partition coefficient (Wildman–Crippen LogP) is 4.66. The van der Waals surface area contributed by atoms with Gasteiger partial charge in [0.25, 0.3) is 0 Å². The lowest BCUT2D eigenvalue weighted by Crippen LogP contribution is -2.32. The van der Waals surface area contributed by atoms with Crippen molar-refractivity contribution in [3.05, 3.63) is 77.9 Å². The average Bonchev–Trinajstić information content (AvgIpc) is 3.27. The molecule has 34 heavy (non-hydrogen) atoms. The van der Waals surface area contributed by atoms with Crippen molar-refractivity contribution in [2.45, 2.75) is 24.8 Å². The van der Waals surface area contributed by atoms with Gasteiger partial charge < -0.3 is 14.2 Å². The van der Waals surface area contributed by atoms with Crippen LogP contribution in [0.3, 0.4) is 0 Å². The van der Waals surface area contributed by atoms with Gasteiger partial charge in [0.1, 0.15) is 6.61 Å². The fraction of sp³-hybridized carbons (Fsp3) is 0.333. The highest BCUT2D eigenvalue weighted by atomic mass is 32.2. The molecule has 0 unspecified atom stereocenters. The normalized spacial score (nSPS) is 18.7. The van der Waals surface area contributed by atoms with Crippen LogP contribution in [0.4, 0.5) is 0 Å². The molecule has 0 aromatic heterocycles. The van der Waals surface area contributed by atoms with Crippen LogP contribution in [-0.2, 0) is 21.3 Å². The van der Waals surface area contributed by atoms with Crippen molar-refractivity contribution >= 4 is 10.0 Å². The van der Waals surface area contributed by atoms with Crippen LogP contribution in [0.2, 0.25) is 0 Å². The summed E-state index contributed by atoms with van der Waals surface area (Å²) in [4.78, 5) is 0.284. The molecule has 5 rings (SSSR count). The first-order valence-electron chi connectivity index (χ1n) is 11.6. The fourth-order valence-electron chi connectivity index (χ4n) is 4.49. The molecule has 3 aromatic carbocycles. The Hall–Kier alpha value is -2.87. The standard InChI is InChI=1S/C27H29NO5S/c1-20-7-5-6-10-25(20)22-15-23-17-28(34(29,30)24-8-3-2-4-9-24)12-14-32-27(23)26(16-22)33-19-21-11-13-31-18-21/h2-10,15-16,21H,11-14,17-19H2,1H3/t21-/m1/s1. The predicted molar refractivity (Wildman–Crippen MR) is 131 cm³/mol. The lowest BCUT2D eigenvalue weighted by Gasteiger charge is -2.20. The zero-order valence-electron chi connectivity index (χ0n) is 19.3. The Kier molecular flexibility index (Phi) is 6.59. The minimum atomic E-state index is -3.66. The molecule has 2 aliphatic heterocycles. The Morgan fingerprint density at radius 2 is 1.82 bits per heavy atom. The molecule has 0 amide bonds. The number of rotatable bonds is 6. The van der Waals surface area contributed by atoms with Gasteiger partial charge in [0, 0.05) is 31.2 Å². The number of ether oxygens (including phenoxy) is 3. The van der Waals surface area contributed by atoms with E-state index in [0.29, 0.717) is 30.6 Å². The van der Waals surface area contributed by atoms with Gasteiger partial charge in [-0.1, -0.05) is 42.5 Å².